The van der Waals surface area contributed by atoms with Crippen molar-refractivity contribution in [3.63, 3.8) is 0 Å². The third kappa shape index (κ3) is 3.81. The summed E-state index contributed by atoms with van der Waals surface area (Å²) in [4.78, 5) is 15.4. The first-order valence-electron chi connectivity index (χ1n) is 7.65. The van der Waals surface area contributed by atoms with E-state index in [1.165, 1.54) is 13.2 Å². The van der Waals surface area contributed by atoms with Gasteiger partial charge in [0, 0.05) is 6.08 Å². The van der Waals surface area contributed by atoms with Gasteiger partial charge in [-0.25, -0.2) is 9.78 Å². The van der Waals surface area contributed by atoms with Crippen molar-refractivity contribution in [3.8, 4) is 5.75 Å². The molecule has 0 fully saturated rings. The van der Waals surface area contributed by atoms with Gasteiger partial charge in [0.2, 0.25) is 0 Å². The highest BCUT2D eigenvalue weighted by Gasteiger charge is 2.01. The highest BCUT2D eigenvalue weighted by atomic mass is 16.5. The summed E-state index contributed by atoms with van der Waals surface area (Å²) in [6, 6.07) is 15.6. The van der Waals surface area contributed by atoms with Crippen LogP contribution in [-0.2, 0) is 16.1 Å². The van der Waals surface area contributed by atoms with E-state index in [4.69, 9.17) is 4.74 Å². The molecule has 5 heteroatoms. The molecule has 1 heterocycles. The summed E-state index contributed by atoms with van der Waals surface area (Å²) in [5, 5.41) is 0. The SMILES string of the molecule is COC(=O)/C=C/c1ccc(OCCn2cnc3ccccc32)cc1. The zero-order chi connectivity index (χ0) is 16.8. The van der Waals surface area contributed by atoms with E-state index in [9.17, 15) is 4.79 Å². The van der Waals surface area contributed by atoms with Gasteiger partial charge in [-0.05, 0) is 35.9 Å². The fourth-order valence-electron chi connectivity index (χ4n) is 2.36. The van der Waals surface area contributed by atoms with Gasteiger partial charge in [0.05, 0.1) is 31.0 Å². The summed E-state index contributed by atoms with van der Waals surface area (Å²) < 4.78 is 12.4. The Morgan fingerprint density at radius 1 is 1.17 bits per heavy atom. The monoisotopic (exact) mass is 322 g/mol. The summed E-state index contributed by atoms with van der Waals surface area (Å²) in [6.45, 7) is 1.28. The quantitative estimate of drug-likeness (QED) is 0.516. The molecule has 5 nitrogen and oxygen atoms in total. The van der Waals surface area contributed by atoms with Gasteiger partial charge in [0.25, 0.3) is 0 Å². The second-order valence-electron chi connectivity index (χ2n) is 5.20. The number of esters is 1. The van der Waals surface area contributed by atoms with Crippen LogP contribution in [0.4, 0.5) is 0 Å². The van der Waals surface area contributed by atoms with Gasteiger partial charge in [-0.1, -0.05) is 24.3 Å². The zero-order valence-electron chi connectivity index (χ0n) is 13.4. The summed E-state index contributed by atoms with van der Waals surface area (Å²) in [6.07, 6.45) is 4.92. The second kappa shape index (κ2) is 7.46. The van der Waals surface area contributed by atoms with Crippen molar-refractivity contribution in [1.82, 2.24) is 9.55 Å². The highest BCUT2D eigenvalue weighted by Crippen LogP contribution is 2.15. The van der Waals surface area contributed by atoms with Crippen LogP contribution in [0.15, 0.2) is 60.9 Å². The van der Waals surface area contributed by atoms with Crippen molar-refractivity contribution >= 4 is 23.1 Å². The number of hydrogen-bond donors (Lipinski definition) is 0. The number of carbonyl (C=O) groups is 1. The Kier molecular flexibility index (Phi) is 4.91. The summed E-state index contributed by atoms with van der Waals surface area (Å²) >= 11 is 0. The van der Waals surface area contributed by atoms with E-state index in [1.807, 2.05) is 54.9 Å². The molecule has 2 aromatic carbocycles. The summed E-state index contributed by atoms with van der Waals surface area (Å²) in [5.41, 5.74) is 3.00. The van der Waals surface area contributed by atoms with E-state index in [2.05, 4.69) is 14.3 Å². The molecule has 0 aliphatic heterocycles. The van der Waals surface area contributed by atoms with Crippen molar-refractivity contribution in [3.05, 3.63) is 66.5 Å². The smallest absolute Gasteiger partial charge is 0.330 e. The fourth-order valence-corrected chi connectivity index (χ4v) is 2.36. The minimum absolute atomic E-state index is 0.372. The number of aromatic nitrogens is 2. The Labute approximate surface area is 140 Å². The third-order valence-electron chi connectivity index (χ3n) is 3.62. The maximum absolute atomic E-state index is 11.1. The molecule has 0 atom stereocenters. The minimum Gasteiger partial charge on any atom is -0.492 e. The average Bonchev–Trinajstić information content (AvgIpc) is 3.04. The van der Waals surface area contributed by atoms with E-state index in [1.54, 1.807) is 6.08 Å². The Morgan fingerprint density at radius 3 is 2.75 bits per heavy atom. The molecule has 0 aliphatic carbocycles. The van der Waals surface area contributed by atoms with Crippen LogP contribution in [-0.4, -0.2) is 29.2 Å². The Hall–Kier alpha value is -3.08. The van der Waals surface area contributed by atoms with Gasteiger partial charge in [0.15, 0.2) is 0 Å². The number of fused-ring (bicyclic) bond motifs is 1. The maximum atomic E-state index is 11.1. The molecule has 0 unspecified atom stereocenters. The fraction of sp³-hybridized carbons (Fsp3) is 0.158. The van der Waals surface area contributed by atoms with Gasteiger partial charge in [-0.2, -0.15) is 0 Å². The molecule has 3 rings (SSSR count). The molecule has 24 heavy (non-hydrogen) atoms. The standard InChI is InChI=1S/C19H18N2O3/c1-23-19(22)11-8-15-6-9-16(10-7-15)24-13-12-21-14-20-17-4-2-3-5-18(17)21/h2-11,14H,12-13H2,1H3/b11-8+. The molecule has 0 radical (unpaired) electrons. The second-order valence-corrected chi connectivity index (χ2v) is 5.20. The zero-order valence-corrected chi connectivity index (χ0v) is 13.4. The number of ether oxygens (including phenoxy) is 2. The lowest BCUT2D eigenvalue weighted by Gasteiger charge is -2.08. The largest absolute Gasteiger partial charge is 0.492 e. The van der Waals surface area contributed by atoms with Gasteiger partial charge >= 0.3 is 5.97 Å². The van der Waals surface area contributed by atoms with Crippen LogP contribution >= 0.6 is 0 Å². The van der Waals surface area contributed by atoms with Crippen LogP contribution in [0.5, 0.6) is 5.75 Å². The molecule has 0 bridgehead atoms. The molecule has 122 valence electrons. The van der Waals surface area contributed by atoms with E-state index < -0.39 is 0 Å². The lowest BCUT2D eigenvalue weighted by atomic mass is 10.2. The molecule has 0 saturated carbocycles. The first kappa shape index (κ1) is 15.8. The lowest BCUT2D eigenvalue weighted by Crippen LogP contribution is -2.07. The Balaban J connectivity index is 1.55. The average molecular weight is 322 g/mol. The number of carbonyl (C=O) groups excluding carboxylic acids is 1. The third-order valence-corrected chi connectivity index (χ3v) is 3.62. The molecule has 3 aromatic rings. The highest BCUT2D eigenvalue weighted by molar-refractivity contribution is 5.86. The van der Waals surface area contributed by atoms with E-state index in [-0.39, 0.29) is 5.97 Å². The number of imidazole rings is 1. The van der Waals surface area contributed by atoms with E-state index >= 15 is 0 Å². The first-order chi connectivity index (χ1) is 11.8. The van der Waals surface area contributed by atoms with Gasteiger partial charge in [-0.3, -0.25) is 0 Å². The van der Waals surface area contributed by atoms with Crippen LogP contribution in [0.2, 0.25) is 0 Å². The predicted molar refractivity (Wildman–Crippen MR) is 92.7 cm³/mol. The summed E-state index contributed by atoms with van der Waals surface area (Å²) in [7, 11) is 1.35. The number of rotatable bonds is 6. The van der Waals surface area contributed by atoms with Crippen LogP contribution in [0.25, 0.3) is 17.1 Å². The van der Waals surface area contributed by atoms with Crippen molar-refractivity contribution in [2.75, 3.05) is 13.7 Å². The van der Waals surface area contributed by atoms with Crippen LogP contribution in [0, 0.1) is 0 Å². The minimum atomic E-state index is -0.372. The lowest BCUT2D eigenvalue weighted by molar-refractivity contribution is -0.134. The van der Waals surface area contributed by atoms with Crippen molar-refractivity contribution in [2.24, 2.45) is 0 Å². The first-order valence-corrected chi connectivity index (χ1v) is 7.65. The molecular formula is C19H18N2O3. The van der Waals surface area contributed by atoms with Crippen molar-refractivity contribution in [1.29, 1.82) is 0 Å². The normalized spacial score (nSPS) is 11.0. The number of methoxy groups -OCH3 is 1. The van der Waals surface area contributed by atoms with Crippen molar-refractivity contribution in [2.45, 2.75) is 6.54 Å². The topological polar surface area (TPSA) is 53.4 Å². The number of para-hydroxylation sites is 2. The summed E-state index contributed by atoms with van der Waals surface area (Å²) in [5.74, 6) is 0.414. The van der Waals surface area contributed by atoms with Crippen LogP contribution in [0.3, 0.4) is 0 Å². The number of nitrogens with zero attached hydrogens (tertiary/aromatic N) is 2. The molecule has 1 aromatic heterocycles. The Bertz CT molecular complexity index is 850. The molecule has 0 aliphatic rings. The van der Waals surface area contributed by atoms with Gasteiger partial charge in [-0.15, -0.1) is 0 Å². The number of benzene rings is 2. The van der Waals surface area contributed by atoms with Crippen LogP contribution in [0.1, 0.15) is 5.56 Å². The van der Waals surface area contributed by atoms with Crippen molar-refractivity contribution < 1.29 is 14.3 Å². The molecule has 0 spiro atoms. The van der Waals surface area contributed by atoms with E-state index in [0.29, 0.717) is 6.61 Å². The predicted octanol–water partition coefficient (Wildman–Crippen LogP) is 3.30. The van der Waals surface area contributed by atoms with E-state index in [0.717, 1.165) is 28.9 Å². The molecule has 0 saturated heterocycles. The van der Waals surface area contributed by atoms with Gasteiger partial charge in [0.1, 0.15) is 12.4 Å². The molecule has 0 amide bonds. The Morgan fingerprint density at radius 2 is 1.96 bits per heavy atom. The van der Waals surface area contributed by atoms with Gasteiger partial charge < -0.3 is 14.0 Å². The maximum Gasteiger partial charge on any atom is 0.330 e. The molecular weight excluding hydrogens is 304 g/mol. The van der Waals surface area contributed by atoms with Crippen LogP contribution < -0.4 is 4.74 Å². The molecule has 0 N–H and O–H groups in total. The number of hydrogen-bond acceptors (Lipinski definition) is 4.